The quantitative estimate of drug-likeness (QED) is 0.439. The number of aryl methyl sites for hydroxylation is 1. The number of carbonyl (C=O) groups excluding carboxylic acids is 1. The van der Waals surface area contributed by atoms with Gasteiger partial charge in [0.05, 0.1) is 17.0 Å². The fraction of sp³-hybridized carbons (Fsp3) is 0.160. The number of pyridine rings is 1. The van der Waals surface area contributed by atoms with Crippen LogP contribution in [0, 0.1) is 25.7 Å². The number of carbonyl (C=O) groups is 1. The van der Waals surface area contributed by atoms with Crippen molar-refractivity contribution in [2.24, 2.45) is 10.7 Å². The summed E-state index contributed by atoms with van der Waals surface area (Å²) in [4.78, 5) is 21.9. The van der Waals surface area contributed by atoms with Crippen molar-refractivity contribution in [1.29, 1.82) is 0 Å². The Morgan fingerprint density at radius 1 is 1.18 bits per heavy atom. The van der Waals surface area contributed by atoms with Gasteiger partial charge in [-0.05, 0) is 43.7 Å². The van der Waals surface area contributed by atoms with E-state index in [1.54, 1.807) is 23.7 Å². The van der Waals surface area contributed by atoms with Crippen LogP contribution in [0.3, 0.4) is 0 Å². The summed E-state index contributed by atoms with van der Waals surface area (Å²) in [5, 5.41) is 10.2. The Balaban J connectivity index is 1.76. The zero-order valence-corrected chi connectivity index (χ0v) is 20.0. The van der Waals surface area contributed by atoms with Crippen LogP contribution < -0.4 is 5.73 Å². The summed E-state index contributed by atoms with van der Waals surface area (Å²) in [5.41, 5.74) is 9.94. The second-order valence-corrected chi connectivity index (χ2v) is 9.28. The lowest BCUT2D eigenvalue weighted by atomic mass is 9.99. The summed E-state index contributed by atoms with van der Waals surface area (Å²) in [6.07, 6.45) is 3.48. The zero-order chi connectivity index (χ0) is 23.8. The van der Waals surface area contributed by atoms with Gasteiger partial charge in [-0.3, -0.25) is 19.3 Å². The number of thiophene rings is 1. The van der Waals surface area contributed by atoms with Gasteiger partial charge >= 0.3 is 0 Å². The van der Waals surface area contributed by atoms with Gasteiger partial charge in [0.15, 0.2) is 5.82 Å². The molecule has 0 fully saturated rings. The molecule has 4 heterocycles. The number of fused-ring (bicyclic) bond motifs is 3. The number of halogens is 1. The van der Waals surface area contributed by atoms with E-state index in [1.165, 1.54) is 0 Å². The normalized spacial score (nSPS) is 14.3. The molecule has 1 aliphatic rings. The van der Waals surface area contributed by atoms with Crippen LogP contribution in [0.15, 0.2) is 53.8 Å². The maximum atomic E-state index is 11.9. The highest BCUT2D eigenvalue weighted by molar-refractivity contribution is 7.15. The maximum Gasteiger partial charge on any atom is 0.220 e. The number of rotatable bonds is 3. The SMILES string of the molecule is Cc1c(C#Cc2cccnc2)sc2c1C(c1ccc(Cl)cc1)=N[C@@H](CC(N)=O)c1nnc(C)n1-2. The van der Waals surface area contributed by atoms with E-state index in [0.29, 0.717) is 16.7 Å². The van der Waals surface area contributed by atoms with Gasteiger partial charge in [-0.1, -0.05) is 35.6 Å². The average Bonchev–Trinajstić information content (AvgIpc) is 3.31. The Bertz CT molecular complexity index is 1490. The second kappa shape index (κ2) is 8.86. The van der Waals surface area contributed by atoms with Gasteiger partial charge in [-0.15, -0.1) is 21.5 Å². The molecular formula is C25H19ClN6OS. The minimum absolute atomic E-state index is 0.0247. The van der Waals surface area contributed by atoms with Crippen LogP contribution in [0.5, 0.6) is 0 Å². The topological polar surface area (TPSA) is 99.1 Å². The first-order chi connectivity index (χ1) is 16.4. The summed E-state index contributed by atoms with van der Waals surface area (Å²) in [6, 6.07) is 10.7. The van der Waals surface area contributed by atoms with Gasteiger partial charge in [0.25, 0.3) is 0 Å². The van der Waals surface area contributed by atoms with E-state index in [2.05, 4.69) is 27.0 Å². The van der Waals surface area contributed by atoms with Gasteiger partial charge < -0.3 is 5.73 Å². The van der Waals surface area contributed by atoms with Crippen LogP contribution in [0.1, 0.15) is 51.2 Å². The standard InChI is InChI=1S/C25H19ClN6OS/c1-14-20(10-5-16-4-3-11-28-13-16)34-25-22(14)23(17-6-8-18(26)9-7-17)29-19(12-21(27)33)24-31-30-15(2)32(24)25/h3-4,6-9,11,13,19H,12H2,1-2H3,(H2,27,33)/t19-/m0/s1. The van der Waals surface area contributed by atoms with Gasteiger partial charge in [0.2, 0.25) is 5.91 Å². The van der Waals surface area contributed by atoms with Crippen molar-refractivity contribution < 1.29 is 4.79 Å². The van der Waals surface area contributed by atoms with Crippen LogP contribution in [0.4, 0.5) is 0 Å². The number of nitrogens with two attached hydrogens (primary N) is 1. The van der Waals surface area contributed by atoms with E-state index < -0.39 is 11.9 Å². The zero-order valence-electron chi connectivity index (χ0n) is 18.4. The predicted octanol–water partition coefficient (Wildman–Crippen LogP) is 4.16. The molecule has 3 aromatic heterocycles. The summed E-state index contributed by atoms with van der Waals surface area (Å²) in [6.45, 7) is 3.91. The molecule has 168 valence electrons. The minimum Gasteiger partial charge on any atom is -0.370 e. The van der Waals surface area contributed by atoms with Crippen molar-refractivity contribution in [2.45, 2.75) is 26.3 Å². The van der Waals surface area contributed by atoms with E-state index >= 15 is 0 Å². The smallest absolute Gasteiger partial charge is 0.220 e. The van der Waals surface area contributed by atoms with Crippen LogP contribution in [-0.4, -0.2) is 31.4 Å². The molecule has 0 saturated heterocycles. The molecule has 4 aromatic rings. The van der Waals surface area contributed by atoms with Crippen molar-refractivity contribution >= 4 is 34.6 Å². The van der Waals surface area contributed by atoms with Crippen molar-refractivity contribution in [3.05, 3.63) is 92.6 Å². The Labute approximate surface area is 205 Å². The third kappa shape index (κ3) is 4.00. The number of primary amides is 1. The van der Waals surface area contributed by atoms with E-state index in [0.717, 1.165) is 37.8 Å². The summed E-state index contributed by atoms with van der Waals surface area (Å²) in [5.74, 6) is 7.31. The minimum atomic E-state index is -0.562. The highest BCUT2D eigenvalue weighted by Gasteiger charge is 2.32. The molecule has 0 bridgehead atoms. The van der Waals surface area contributed by atoms with Gasteiger partial charge in [-0.25, -0.2) is 0 Å². The first-order valence-corrected chi connectivity index (χ1v) is 11.7. The molecule has 1 atom stereocenters. The monoisotopic (exact) mass is 486 g/mol. The molecule has 1 aliphatic heterocycles. The molecule has 0 radical (unpaired) electrons. The average molecular weight is 487 g/mol. The summed E-state index contributed by atoms with van der Waals surface area (Å²) < 4.78 is 1.96. The fourth-order valence-electron chi connectivity index (χ4n) is 3.90. The maximum absolute atomic E-state index is 11.9. The van der Waals surface area contributed by atoms with Crippen LogP contribution >= 0.6 is 22.9 Å². The predicted molar refractivity (Wildman–Crippen MR) is 133 cm³/mol. The number of nitrogens with zero attached hydrogens (tertiary/aromatic N) is 5. The van der Waals surface area contributed by atoms with Gasteiger partial charge in [-0.2, -0.15) is 0 Å². The highest BCUT2D eigenvalue weighted by Crippen LogP contribution is 2.39. The van der Waals surface area contributed by atoms with Crippen molar-refractivity contribution in [3.63, 3.8) is 0 Å². The Kier molecular flexibility index (Phi) is 5.74. The molecule has 5 rings (SSSR count). The molecule has 0 aliphatic carbocycles. The lowest BCUT2D eigenvalue weighted by Crippen LogP contribution is -2.17. The van der Waals surface area contributed by atoms with E-state index in [1.807, 2.05) is 54.8 Å². The molecule has 0 saturated carbocycles. The first kappa shape index (κ1) is 22.0. The lowest BCUT2D eigenvalue weighted by Gasteiger charge is -2.11. The number of hydrogen-bond acceptors (Lipinski definition) is 6. The molecule has 7 nitrogen and oxygen atoms in total. The third-order valence-electron chi connectivity index (χ3n) is 5.50. The van der Waals surface area contributed by atoms with Crippen molar-refractivity contribution in [3.8, 4) is 16.8 Å². The first-order valence-electron chi connectivity index (χ1n) is 10.5. The highest BCUT2D eigenvalue weighted by atomic mass is 35.5. The third-order valence-corrected chi connectivity index (χ3v) is 6.94. The Hall–Kier alpha value is -3.80. The van der Waals surface area contributed by atoms with Crippen LogP contribution in [0.25, 0.3) is 5.00 Å². The number of hydrogen-bond donors (Lipinski definition) is 1. The molecule has 9 heteroatoms. The van der Waals surface area contributed by atoms with Gasteiger partial charge in [0, 0.05) is 34.1 Å². The molecule has 2 N–H and O–H groups in total. The molecule has 1 amide bonds. The van der Waals surface area contributed by atoms with E-state index in [4.69, 9.17) is 22.3 Å². The van der Waals surface area contributed by atoms with Crippen LogP contribution in [0.2, 0.25) is 5.02 Å². The Morgan fingerprint density at radius 3 is 2.68 bits per heavy atom. The van der Waals surface area contributed by atoms with E-state index in [9.17, 15) is 4.79 Å². The van der Waals surface area contributed by atoms with Crippen molar-refractivity contribution in [2.75, 3.05) is 0 Å². The number of benzene rings is 1. The largest absolute Gasteiger partial charge is 0.370 e. The molecule has 34 heavy (non-hydrogen) atoms. The molecule has 1 aromatic carbocycles. The molecule has 0 unspecified atom stereocenters. The molecular weight excluding hydrogens is 468 g/mol. The second-order valence-electron chi connectivity index (χ2n) is 7.84. The lowest BCUT2D eigenvalue weighted by molar-refractivity contribution is -0.118. The fourth-order valence-corrected chi connectivity index (χ4v) is 5.24. The van der Waals surface area contributed by atoms with Crippen LogP contribution in [-0.2, 0) is 4.79 Å². The summed E-state index contributed by atoms with van der Waals surface area (Å²) >= 11 is 7.69. The van der Waals surface area contributed by atoms with Crippen molar-refractivity contribution in [1.82, 2.24) is 19.7 Å². The van der Waals surface area contributed by atoms with E-state index in [-0.39, 0.29) is 6.42 Å². The number of amides is 1. The number of aliphatic imine (C=N–C) groups is 1. The summed E-state index contributed by atoms with van der Waals surface area (Å²) in [7, 11) is 0. The Morgan fingerprint density at radius 2 is 1.97 bits per heavy atom. The van der Waals surface area contributed by atoms with Gasteiger partial charge in [0.1, 0.15) is 16.9 Å². The molecule has 0 spiro atoms. The number of aromatic nitrogens is 4.